The van der Waals surface area contributed by atoms with E-state index >= 15 is 0 Å². The molecule has 25 heavy (non-hydrogen) atoms. The van der Waals surface area contributed by atoms with E-state index in [1.165, 1.54) is 36.4 Å². The maximum atomic E-state index is 12.8. The quantitative estimate of drug-likeness (QED) is 0.752. The van der Waals surface area contributed by atoms with Crippen LogP contribution in [-0.2, 0) is 14.8 Å². The van der Waals surface area contributed by atoms with E-state index in [1.807, 2.05) is 6.92 Å². The van der Waals surface area contributed by atoms with Crippen LogP contribution < -0.4 is 14.8 Å². The minimum Gasteiger partial charge on any atom is -0.494 e. The predicted octanol–water partition coefficient (Wildman–Crippen LogP) is 2.53. The van der Waals surface area contributed by atoms with Gasteiger partial charge in [-0.3, -0.25) is 4.79 Å². The Kier molecular flexibility index (Phi) is 6.49. The lowest BCUT2D eigenvalue weighted by Crippen LogP contribution is -2.27. The highest BCUT2D eigenvalue weighted by atomic mass is 32.2. The van der Waals surface area contributed by atoms with E-state index in [0.717, 1.165) is 0 Å². The summed E-state index contributed by atoms with van der Waals surface area (Å²) in [6.45, 7) is 2.28. The minimum absolute atomic E-state index is 0.0480. The van der Waals surface area contributed by atoms with Crippen LogP contribution in [0.2, 0.25) is 0 Å². The van der Waals surface area contributed by atoms with Crippen LogP contribution >= 0.6 is 0 Å². The second-order valence-corrected chi connectivity index (χ2v) is 6.87. The SMILES string of the molecule is CCOc1ccc(S(=O)(=O)NCCC(=O)Nc2ccc(F)cc2)cc1. The van der Waals surface area contributed by atoms with Crippen LogP contribution in [0.5, 0.6) is 5.75 Å². The first kappa shape index (κ1) is 18.9. The van der Waals surface area contributed by atoms with Gasteiger partial charge in [0.25, 0.3) is 0 Å². The number of rotatable bonds is 8. The molecule has 0 aromatic heterocycles. The van der Waals surface area contributed by atoms with Crippen molar-refractivity contribution in [3.63, 3.8) is 0 Å². The fraction of sp³-hybridized carbons (Fsp3) is 0.235. The van der Waals surface area contributed by atoms with Crippen molar-refractivity contribution in [2.24, 2.45) is 0 Å². The van der Waals surface area contributed by atoms with Gasteiger partial charge in [0.15, 0.2) is 0 Å². The highest BCUT2D eigenvalue weighted by molar-refractivity contribution is 7.89. The van der Waals surface area contributed by atoms with Crippen molar-refractivity contribution in [2.45, 2.75) is 18.2 Å². The van der Waals surface area contributed by atoms with Crippen LogP contribution in [0.25, 0.3) is 0 Å². The molecule has 0 bridgehead atoms. The number of carbonyl (C=O) groups excluding carboxylic acids is 1. The molecule has 2 aromatic rings. The molecule has 2 rings (SSSR count). The summed E-state index contributed by atoms with van der Waals surface area (Å²) in [5.41, 5.74) is 0.445. The van der Waals surface area contributed by atoms with Crippen LogP contribution in [0.4, 0.5) is 10.1 Å². The van der Waals surface area contributed by atoms with Gasteiger partial charge in [-0.05, 0) is 55.5 Å². The molecule has 6 nitrogen and oxygen atoms in total. The van der Waals surface area contributed by atoms with E-state index in [2.05, 4.69) is 10.0 Å². The third-order valence-corrected chi connectivity index (χ3v) is 4.69. The molecule has 1 amide bonds. The van der Waals surface area contributed by atoms with E-state index < -0.39 is 15.8 Å². The fourth-order valence-corrected chi connectivity index (χ4v) is 3.05. The Balaban J connectivity index is 1.84. The van der Waals surface area contributed by atoms with Gasteiger partial charge in [-0.15, -0.1) is 0 Å². The molecule has 0 atom stereocenters. The molecule has 134 valence electrons. The van der Waals surface area contributed by atoms with Gasteiger partial charge in [0.1, 0.15) is 11.6 Å². The summed E-state index contributed by atoms with van der Waals surface area (Å²) < 4.78 is 44.7. The van der Waals surface area contributed by atoms with Gasteiger partial charge >= 0.3 is 0 Å². The number of amides is 1. The van der Waals surface area contributed by atoms with Gasteiger partial charge in [0.05, 0.1) is 11.5 Å². The number of carbonyl (C=O) groups is 1. The van der Waals surface area contributed by atoms with E-state index in [-0.39, 0.29) is 23.8 Å². The minimum atomic E-state index is -3.70. The number of sulfonamides is 1. The third kappa shape index (κ3) is 5.84. The number of hydrogen-bond donors (Lipinski definition) is 2. The lowest BCUT2D eigenvalue weighted by molar-refractivity contribution is -0.116. The molecule has 8 heteroatoms. The average Bonchev–Trinajstić information content (AvgIpc) is 2.57. The van der Waals surface area contributed by atoms with E-state index in [4.69, 9.17) is 4.74 Å². The van der Waals surface area contributed by atoms with Crippen LogP contribution in [0.1, 0.15) is 13.3 Å². The van der Waals surface area contributed by atoms with Crippen LogP contribution in [0.3, 0.4) is 0 Å². The predicted molar refractivity (Wildman–Crippen MR) is 92.4 cm³/mol. The van der Waals surface area contributed by atoms with E-state index in [1.54, 1.807) is 12.1 Å². The molecule has 0 saturated carbocycles. The first-order valence-electron chi connectivity index (χ1n) is 7.68. The van der Waals surface area contributed by atoms with Gasteiger partial charge in [0.2, 0.25) is 15.9 Å². The normalized spacial score (nSPS) is 11.1. The molecule has 0 spiro atoms. The summed E-state index contributed by atoms with van der Waals surface area (Å²) in [7, 11) is -3.70. The van der Waals surface area contributed by atoms with Crippen molar-refractivity contribution in [3.8, 4) is 5.75 Å². The van der Waals surface area contributed by atoms with Gasteiger partial charge in [-0.1, -0.05) is 0 Å². The number of anilines is 1. The number of hydrogen-bond acceptors (Lipinski definition) is 4. The van der Waals surface area contributed by atoms with E-state index in [9.17, 15) is 17.6 Å². The zero-order valence-electron chi connectivity index (χ0n) is 13.7. The van der Waals surface area contributed by atoms with Crippen molar-refractivity contribution in [2.75, 3.05) is 18.5 Å². The lowest BCUT2D eigenvalue weighted by atomic mass is 10.3. The molecule has 2 N–H and O–H groups in total. The molecule has 0 unspecified atom stereocenters. The Labute approximate surface area is 146 Å². The first-order chi connectivity index (χ1) is 11.9. The monoisotopic (exact) mass is 366 g/mol. The second kappa shape index (κ2) is 8.59. The summed E-state index contributed by atoms with van der Waals surface area (Å²) >= 11 is 0. The molecule has 0 aliphatic heterocycles. The molecular weight excluding hydrogens is 347 g/mol. The van der Waals surface area contributed by atoms with Crippen molar-refractivity contribution in [1.29, 1.82) is 0 Å². The first-order valence-corrected chi connectivity index (χ1v) is 9.17. The number of benzene rings is 2. The highest BCUT2D eigenvalue weighted by Gasteiger charge is 2.14. The van der Waals surface area contributed by atoms with Crippen LogP contribution in [0.15, 0.2) is 53.4 Å². The summed E-state index contributed by atoms with van der Waals surface area (Å²) in [5.74, 6) is -0.192. The zero-order valence-corrected chi connectivity index (χ0v) is 14.5. The van der Waals surface area contributed by atoms with Crippen LogP contribution in [-0.4, -0.2) is 27.5 Å². The lowest BCUT2D eigenvalue weighted by Gasteiger charge is -2.08. The summed E-state index contributed by atoms with van der Waals surface area (Å²) in [4.78, 5) is 11.9. The van der Waals surface area contributed by atoms with Gasteiger partial charge in [-0.2, -0.15) is 0 Å². The summed E-state index contributed by atoms with van der Waals surface area (Å²) in [5, 5.41) is 2.56. The van der Waals surface area contributed by atoms with Gasteiger partial charge in [0, 0.05) is 18.7 Å². The highest BCUT2D eigenvalue weighted by Crippen LogP contribution is 2.15. The third-order valence-electron chi connectivity index (χ3n) is 3.22. The molecule has 2 aromatic carbocycles. The topological polar surface area (TPSA) is 84.5 Å². The Hall–Kier alpha value is -2.45. The summed E-state index contributed by atoms with van der Waals surface area (Å²) in [6, 6.07) is 11.3. The molecule has 0 heterocycles. The summed E-state index contributed by atoms with van der Waals surface area (Å²) in [6.07, 6.45) is -0.0480. The average molecular weight is 366 g/mol. The maximum absolute atomic E-state index is 12.8. The molecule has 0 aliphatic carbocycles. The largest absolute Gasteiger partial charge is 0.494 e. The van der Waals surface area contributed by atoms with Crippen LogP contribution in [0, 0.1) is 5.82 Å². The molecule has 0 aliphatic rings. The molecular formula is C17H19FN2O4S. The Bertz CT molecular complexity index is 806. The van der Waals surface area contributed by atoms with Crippen molar-refractivity contribution in [1.82, 2.24) is 4.72 Å². The van der Waals surface area contributed by atoms with Crippen molar-refractivity contribution >= 4 is 21.6 Å². The number of nitrogens with one attached hydrogen (secondary N) is 2. The molecule has 0 radical (unpaired) electrons. The zero-order chi connectivity index (χ0) is 18.3. The second-order valence-electron chi connectivity index (χ2n) is 5.11. The van der Waals surface area contributed by atoms with Crippen molar-refractivity contribution < 1.29 is 22.3 Å². The maximum Gasteiger partial charge on any atom is 0.240 e. The smallest absolute Gasteiger partial charge is 0.240 e. The standard InChI is InChI=1S/C17H19FN2O4S/c1-2-24-15-7-9-16(10-8-15)25(22,23)19-12-11-17(21)20-14-5-3-13(18)4-6-14/h3-10,19H,2,11-12H2,1H3,(H,20,21). The fourth-order valence-electron chi connectivity index (χ4n) is 2.02. The van der Waals surface area contributed by atoms with Crippen molar-refractivity contribution in [3.05, 3.63) is 54.3 Å². The number of ether oxygens (including phenoxy) is 1. The molecule has 0 saturated heterocycles. The Morgan fingerprint density at radius 2 is 1.72 bits per heavy atom. The van der Waals surface area contributed by atoms with Gasteiger partial charge in [-0.25, -0.2) is 17.5 Å². The number of halogens is 1. The van der Waals surface area contributed by atoms with Gasteiger partial charge < -0.3 is 10.1 Å². The Morgan fingerprint density at radius 3 is 2.32 bits per heavy atom. The van der Waals surface area contributed by atoms with E-state index in [0.29, 0.717) is 18.0 Å². The Morgan fingerprint density at radius 1 is 1.08 bits per heavy atom. The molecule has 0 fully saturated rings.